The van der Waals surface area contributed by atoms with Crippen LogP contribution in [-0.2, 0) is 0 Å². The van der Waals surface area contributed by atoms with Crippen molar-refractivity contribution in [2.75, 3.05) is 0 Å². The molecule has 24 heavy (non-hydrogen) atoms. The Morgan fingerprint density at radius 1 is 1.25 bits per heavy atom. The summed E-state index contributed by atoms with van der Waals surface area (Å²) < 4.78 is 1.94. The second kappa shape index (κ2) is 5.73. The standard InChI is InChI=1S/C19H19N5/c1-12(21)19(15-5-6-17(22-10-15)14-3-4-14)24-18-7-2-13(9-20)8-16(18)11-23-24/h2,5-8,10-12,14,19H,3-4,21H2,1H3/t12-,19-/m0/s1. The number of hydrogen-bond donors (Lipinski definition) is 1. The summed E-state index contributed by atoms with van der Waals surface area (Å²) in [6.45, 7) is 1.98. The first-order valence-corrected chi connectivity index (χ1v) is 8.26. The first-order chi connectivity index (χ1) is 11.7. The number of hydrogen-bond acceptors (Lipinski definition) is 4. The molecule has 5 nitrogen and oxygen atoms in total. The quantitative estimate of drug-likeness (QED) is 0.801. The molecule has 2 aromatic heterocycles. The molecule has 5 heteroatoms. The van der Waals surface area contributed by atoms with Crippen molar-refractivity contribution in [3.05, 3.63) is 59.5 Å². The van der Waals surface area contributed by atoms with Crippen molar-refractivity contribution in [1.82, 2.24) is 14.8 Å². The van der Waals surface area contributed by atoms with Crippen LogP contribution in [0.1, 0.15) is 48.5 Å². The fourth-order valence-corrected chi connectivity index (χ4v) is 3.22. The van der Waals surface area contributed by atoms with Crippen molar-refractivity contribution in [2.45, 2.75) is 37.8 Å². The predicted molar refractivity (Wildman–Crippen MR) is 92.4 cm³/mol. The lowest BCUT2D eigenvalue weighted by molar-refractivity contribution is 0.465. The molecule has 2 N–H and O–H groups in total. The lowest BCUT2D eigenvalue weighted by Crippen LogP contribution is -2.31. The van der Waals surface area contributed by atoms with Gasteiger partial charge < -0.3 is 5.73 Å². The van der Waals surface area contributed by atoms with Crippen LogP contribution < -0.4 is 5.73 Å². The van der Waals surface area contributed by atoms with Crippen LogP contribution in [0, 0.1) is 11.3 Å². The van der Waals surface area contributed by atoms with Gasteiger partial charge in [-0.15, -0.1) is 0 Å². The van der Waals surface area contributed by atoms with Gasteiger partial charge in [-0.1, -0.05) is 6.07 Å². The van der Waals surface area contributed by atoms with Crippen LogP contribution in [0.25, 0.3) is 10.9 Å². The van der Waals surface area contributed by atoms with Crippen molar-refractivity contribution < 1.29 is 0 Å². The minimum atomic E-state index is -0.114. The molecule has 0 unspecified atom stereocenters. The molecular weight excluding hydrogens is 298 g/mol. The Balaban J connectivity index is 1.76. The molecule has 0 bridgehead atoms. The molecule has 0 amide bonds. The molecule has 0 aliphatic heterocycles. The van der Waals surface area contributed by atoms with Crippen LogP contribution >= 0.6 is 0 Å². The third-order valence-electron chi connectivity index (χ3n) is 4.63. The second-order valence-electron chi connectivity index (χ2n) is 6.57. The Labute approximate surface area is 140 Å². The van der Waals surface area contributed by atoms with Gasteiger partial charge in [-0.2, -0.15) is 10.4 Å². The average Bonchev–Trinajstić information content (AvgIpc) is 3.37. The summed E-state index contributed by atoms with van der Waals surface area (Å²) in [7, 11) is 0. The molecule has 0 radical (unpaired) electrons. The fraction of sp³-hybridized carbons (Fsp3) is 0.316. The number of rotatable bonds is 4. The molecule has 2 atom stereocenters. The van der Waals surface area contributed by atoms with Crippen LogP contribution in [-0.4, -0.2) is 20.8 Å². The number of pyridine rings is 1. The minimum Gasteiger partial charge on any atom is -0.326 e. The zero-order valence-electron chi connectivity index (χ0n) is 13.6. The van der Waals surface area contributed by atoms with Gasteiger partial charge in [0, 0.05) is 29.2 Å². The van der Waals surface area contributed by atoms with Crippen LogP contribution in [0.2, 0.25) is 0 Å². The molecule has 1 aliphatic carbocycles. The zero-order chi connectivity index (χ0) is 16.7. The Bertz CT molecular complexity index is 913. The highest BCUT2D eigenvalue weighted by molar-refractivity contribution is 5.80. The topological polar surface area (TPSA) is 80.5 Å². The summed E-state index contributed by atoms with van der Waals surface area (Å²) in [5.41, 5.74) is 10.1. The smallest absolute Gasteiger partial charge is 0.0991 e. The van der Waals surface area contributed by atoms with Crippen molar-refractivity contribution in [1.29, 1.82) is 5.26 Å². The molecule has 2 heterocycles. The van der Waals surface area contributed by atoms with Gasteiger partial charge in [0.15, 0.2) is 0 Å². The molecule has 0 spiro atoms. The molecule has 0 saturated heterocycles. The Morgan fingerprint density at radius 3 is 2.71 bits per heavy atom. The van der Waals surface area contributed by atoms with E-state index in [-0.39, 0.29) is 12.1 Å². The number of fused-ring (bicyclic) bond motifs is 1. The highest BCUT2D eigenvalue weighted by Gasteiger charge is 2.26. The fourth-order valence-electron chi connectivity index (χ4n) is 3.22. The van der Waals surface area contributed by atoms with Gasteiger partial charge in [-0.25, -0.2) is 0 Å². The number of aromatic nitrogens is 3. The predicted octanol–water partition coefficient (Wildman–Crippen LogP) is 3.12. The Hall–Kier alpha value is -2.71. The Kier molecular flexibility index (Phi) is 3.55. The molecular formula is C19H19N5. The maximum atomic E-state index is 9.05. The molecule has 1 fully saturated rings. The second-order valence-corrected chi connectivity index (χ2v) is 6.57. The number of nitrogens with zero attached hydrogens (tertiary/aromatic N) is 4. The van der Waals surface area contributed by atoms with E-state index in [9.17, 15) is 0 Å². The van der Waals surface area contributed by atoms with Gasteiger partial charge in [-0.05, 0) is 49.6 Å². The highest BCUT2D eigenvalue weighted by atomic mass is 15.3. The van der Waals surface area contributed by atoms with Crippen molar-refractivity contribution in [2.24, 2.45) is 5.73 Å². The number of nitriles is 1. The summed E-state index contributed by atoms with van der Waals surface area (Å²) in [6, 6.07) is 11.8. The van der Waals surface area contributed by atoms with Gasteiger partial charge >= 0.3 is 0 Å². The van der Waals surface area contributed by atoms with E-state index in [1.807, 2.05) is 36.0 Å². The molecule has 3 aromatic rings. The SMILES string of the molecule is C[C@H](N)[C@@H](c1ccc(C2CC2)nc1)n1ncc2cc(C#N)ccc21. The lowest BCUT2D eigenvalue weighted by atomic mass is 10.0. The maximum absolute atomic E-state index is 9.05. The van der Waals surface area contributed by atoms with Gasteiger partial charge in [0.2, 0.25) is 0 Å². The van der Waals surface area contributed by atoms with Gasteiger partial charge in [0.05, 0.1) is 29.4 Å². The molecule has 1 aliphatic rings. The largest absolute Gasteiger partial charge is 0.326 e. The van der Waals surface area contributed by atoms with Gasteiger partial charge in [-0.3, -0.25) is 9.67 Å². The average molecular weight is 317 g/mol. The van der Waals surface area contributed by atoms with E-state index in [0.717, 1.165) is 16.5 Å². The Morgan fingerprint density at radius 2 is 2.08 bits per heavy atom. The van der Waals surface area contributed by atoms with Crippen LogP contribution in [0.15, 0.2) is 42.7 Å². The summed E-state index contributed by atoms with van der Waals surface area (Å²) in [5.74, 6) is 0.641. The van der Waals surface area contributed by atoms with E-state index >= 15 is 0 Å². The van der Waals surface area contributed by atoms with E-state index in [2.05, 4.69) is 28.3 Å². The summed E-state index contributed by atoms with van der Waals surface area (Å²) in [5, 5.41) is 14.5. The van der Waals surface area contributed by atoms with Crippen molar-refractivity contribution >= 4 is 10.9 Å². The third-order valence-corrected chi connectivity index (χ3v) is 4.63. The molecule has 1 aromatic carbocycles. The normalized spacial score (nSPS) is 16.7. The van der Waals surface area contributed by atoms with Crippen LogP contribution in [0.5, 0.6) is 0 Å². The van der Waals surface area contributed by atoms with Crippen molar-refractivity contribution in [3.8, 4) is 6.07 Å². The van der Waals surface area contributed by atoms with E-state index in [0.29, 0.717) is 11.5 Å². The molecule has 120 valence electrons. The number of nitrogens with two attached hydrogens (primary N) is 1. The van der Waals surface area contributed by atoms with Gasteiger partial charge in [0.25, 0.3) is 0 Å². The summed E-state index contributed by atoms with van der Waals surface area (Å²) in [4.78, 5) is 4.62. The first kappa shape index (κ1) is 14.9. The van der Waals surface area contributed by atoms with E-state index in [4.69, 9.17) is 11.0 Å². The third kappa shape index (κ3) is 2.55. The molecule has 1 saturated carbocycles. The first-order valence-electron chi connectivity index (χ1n) is 8.26. The van der Waals surface area contributed by atoms with E-state index < -0.39 is 0 Å². The lowest BCUT2D eigenvalue weighted by Gasteiger charge is -2.22. The molecule has 4 rings (SSSR count). The summed E-state index contributed by atoms with van der Waals surface area (Å²) >= 11 is 0. The van der Waals surface area contributed by atoms with E-state index in [1.165, 1.54) is 18.5 Å². The minimum absolute atomic E-state index is 0.0869. The maximum Gasteiger partial charge on any atom is 0.0991 e. The van der Waals surface area contributed by atoms with Gasteiger partial charge in [0.1, 0.15) is 0 Å². The van der Waals surface area contributed by atoms with Crippen molar-refractivity contribution in [3.63, 3.8) is 0 Å². The zero-order valence-corrected chi connectivity index (χ0v) is 13.6. The highest BCUT2D eigenvalue weighted by Crippen LogP contribution is 2.39. The summed E-state index contributed by atoms with van der Waals surface area (Å²) in [6.07, 6.45) is 6.21. The van der Waals surface area contributed by atoms with E-state index in [1.54, 1.807) is 6.20 Å². The van der Waals surface area contributed by atoms with Crippen LogP contribution in [0.3, 0.4) is 0 Å². The number of benzene rings is 1. The van der Waals surface area contributed by atoms with Crippen LogP contribution in [0.4, 0.5) is 0 Å². The monoisotopic (exact) mass is 317 g/mol.